The van der Waals surface area contributed by atoms with Crippen molar-refractivity contribution in [2.24, 2.45) is 0 Å². The van der Waals surface area contributed by atoms with Gasteiger partial charge in [0, 0.05) is 11.6 Å². The Balaban J connectivity index is 2.09. The number of hydrogen-bond donors (Lipinski definition) is 1. The summed E-state index contributed by atoms with van der Waals surface area (Å²) in [6.07, 6.45) is 0.665. The third-order valence-corrected chi connectivity index (χ3v) is 3.65. The molecule has 0 aliphatic heterocycles. The van der Waals surface area contributed by atoms with Crippen LogP contribution >= 0.6 is 11.3 Å². The molecular formula is C13H15F2N3S. The van der Waals surface area contributed by atoms with Gasteiger partial charge >= 0.3 is 0 Å². The first-order valence-electron chi connectivity index (χ1n) is 6.07. The molecule has 1 aromatic heterocycles. The van der Waals surface area contributed by atoms with Gasteiger partial charge in [-0.1, -0.05) is 6.92 Å². The van der Waals surface area contributed by atoms with Crippen LogP contribution in [0.3, 0.4) is 0 Å². The Labute approximate surface area is 114 Å². The first-order valence-corrected chi connectivity index (χ1v) is 6.89. The van der Waals surface area contributed by atoms with Crippen molar-refractivity contribution < 1.29 is 8.78 Å². The van der Waals surface area contributed by atoms with E-state index in [0.29, 0.717) is 18.5 Å². The van der Waals surface area contributed by atoms with Gasteiger partial charge in [-0.05, 0) is 31.5 Å². The minimum absolute atomic E-state index is 0.236. The molecule has 0 aliphatic carbocycles. The minimum Gasteiger partial charge on any atom is -0.303 e. The lowest BCUT2D eigenvalue weighted by atomic mass is 10.0. The van der Waals surface area contributed by atoms with Crippen molar-refractivity contribution in [3.63, 3.8) is 0 Å². The Morgan fingerprint density at radius 3 is 2.74 bits per heavy atom. The molecule has 1 heterocycles. The van der Waals surface area contributed by atoms with Gasteiger partial charge in [0.15, 0.2) is 0 Å². The van der Waals surface area contributed by atoms with Crippen molar-refractivity contribution in [3.8, 4) is 0 Å². The molecule has 1 N–H and O–H groups in total. The summed E-state index contributed by atoms with van der Waals surface area (Å²) >= 11 is 1.49. The maximum Gasteiger partial charge on any atom is 0.131 e. The van der Waals surface area contributed by atoms with Gasteiger partial charge in [0.1, 0.15) is 21.6 Å². The zero-order chi connectivity index (χ0) is 13.8. The second-order valence-electron chi connectivity index (χ2n) is 4.22. The van der Waals surface area contributed by atoms with Gasteiger partial charge in [0.05, 0.1) is 6.54 Å². The van der Waals surface area contributed by atoms with E-state index in [1.165, 1.54) is 17.4 Å². The lowest BCUT2D eigenvalue weighted by molar-refractivity contribution is 0.480. The van der Waals surface area contributed by atoms with Crippen LogP contribution < -0.4 is 5.32 Å². The van der Waals surface area contributed by atoms with Crippen LogP contribution in [0.15, 0.2) is 18.2 Å². The SMILES string of the molecule is CC[C@@H](NCc1nnc(C)s1)c1cc(F)ccc1F. The molecule has 0 unspecified atom stereocenters. The van der Waals surface area contributed by atoms with Crippen LogP contribution in [-0.2, 0) is 6.54 Å². The zero-order valence-corrected chi connectivity index (χ0v) is 11.6. The van der Waals surface area contributed by atoms with Gasteiger partial charge in [-0.3, -0.25) is 0 Å². The highest BCUT2D eigenvalue weighted by Gasteiger charge is 2.15. The highest BCUT2D eigenvalue weighted by molar-refractivity contribution is 7.11. The van der Waals surface area contributed by atoms with E-state index in [1.54, 1.807) is 0 Å². The number of rotatable bonds is 5. The molecule has 19 heavy (non-hydrogen) atoms. The summed E-state index contributed by atoms with van der Waals surface area (Å²) in [7, 11) is 0. The maximum absolute atomic E-state index is 13.7. The first kappa shape index (κ1) is 14.0. The number of aryl methyl sites for hydroxylation is 1. The molecule has 3 nitrogen and oxygen atoms in total. The summed E-state index contributed by atoms with van der Waals surface area (Å²) in [5, 5.41) is 12.8. The summed E-state index contributed by atoms with van der Waals surface area (Å²) in [5.74, 6) is -0.822. The molecule has 0 fully saturated rings. The van der Waals surface area contributed by atoms with Gasteiger partial charge < -0.3 is 5.32 Å². The molecule has 0 saturated heterocycles. The Morgan fingerprint density at radius 2 is 2.11 bits per heavy atom. The zero-order valence-electron chi connectivity index (χ0n) is 10.8. The number of halogens is 2. The highest BCUT2D eigenvalue weighted by Crippen LogP contribution is 2.22. The van der Waals surface area contributed by atoms with Crippen molar-refractivity contribution in [1.29, 1.82) is 0 Å². The summed E-state index contributed by atoms with van der Waals surface area (Å²) in [5.41, 5.74) is 0.351. The van der Waals surface area contributed by atoms with E-state index in [9.17, 15) is 8.78 Å². The minimum atomic E-state index is -0.427. The molecule has 0 bridgehead atoms. The molecule has 2 aromatic rings. The average molecular weight is 283 g/mol. The predicted octanol–water partition coefficient (Wildman–Crippen LogP) is 3.37. The Hall–Kier alpha value is -1.40. The monoisotopic (exact) mass is 283 g/mol. The average Bonchev–Trinajstić information content (AvgIpc) is 2.80. The van der Waals surface area contributed by atoms with Crippen LogP contribution in [-0.4, -0.2) is 10.2 Å². The molecule has 0 spiro atoms. The van der Waals surface area contributed by atoms with E-state index in [4.69, 9.17) is 0 Å². The van der Waals surface area contributed by atoms with Crippen LogP contribution in [0.25, 0.3) is 0 Å². The van der Waals surface area contributed by atoms with Crippen LogP contribution in [0, 0.1) is 18.6 Å². The molecule has 102 valence electrons. The molecule has 0 radical (unpaired) electrons. The normalized spacial score (nSPS) is 12.6. The Morgan fingerprint density at radius 1 is 1.32 bits per heavy atom. The third kappa shape index (κ3) is 3.54. The summed E-state index contributed by atoms with van der Waals surface area (Å²) in [6.45, 7) is 4.30. The largest absolute Gasteiger partial charge is 0.303 e. The Kier molecular flexibility index (Phi) is 4.55. The molecule has 1 aromatic carbocycles. The number of nitrogens with zero attached hydrogens (tertiary/aromatic N) is 2. The lowest BCUT2D eigenvalue weighted by Crippen LogP contribution is -2.21. The van der Waals surface area contributed by atoms with E-state index >= 15 is 0 Å². The van der Waals surface area contributed by atoms with Gasteiger partial charge in [-0.25, -0.2) is 8.78 Å². The van der Waals surface area contributed by atoms with E-state index in [0.717, 1.165) is 22.1 Å². The Bertz CT molecular complexity index is 557. The van der Waals surface area contributed by atoms with Crippen molar-refractivity contribution in [3.05, 3.63) is 45.4 Å². The van der Waals surface area contributed by atoms with E-state index in [2.05, 4.69) is 15.5 Å². The smallest absolute Gasteiger partial charge is 0.131 e. The quantitative estimate of drug-likeness (QED) is 0.914. The van der Waals surface area contributed by atoms with Crippen LogP contribution in [0.5, 0.6) is 0 Å². The summed E-state index contributed by atoms with van der Waals surface area (Å²) < 4.78 is 26.9. The van der Waals surface area contributed by atoms with Crippen LogP contribution in [0.1, 0.15) is 35.0 Å². The van der Waals surface area contributed by atoms with Gasteiger partial charge in [0.25, 0.3) is 0 Å². The standard InChI is InChI=1S/C13H15F2N3S/c1-3-12(10-6-9(14)4-5-11(10)15)16-7-13-18-17-8(2)19-13/h4-6,12,16H,3,7H2,1-2H3/t12-/m1/s1. The molecule has 1 atom stereocenters. The third-order valence-electron chi connectivity index (χ3n) is 2.81. The fraction of sp³-hybridized carbons (Fsp3) is 0.385. The second kappa shape index (κ2) is 6.16. The topological polar surface area (TPSA) is 37.8 Å². The van der Waals surface area contributed by atoms with Crippen molar-refractivity contribution >= 4 is 11.3 Å². The molecule has 6 heteroatoms. The summed E-state index contributed by atoms with van der Waals surface area (Å²) in [4.78, 5) is 0. The molecule has 0 amide bonds. The van der Waals surface area contributed by atoms with Crippen LogP contribution in [0.4, 0.5) is 8.78 Å². The second-order valence-corrected chi connectivity index (χ2v) is 5.49. The highest BCUT2D eigenvalue weighted by atomic mass is 32.1. The predicted molar refractivity (Wildman–Crippen MR) is 70.9 cm³/mol. The molecule has 2 rings (SSSR count). The number of aromatic nitrogens is 2. The van der Waals surface area contributed by atoms with E-state index in [-0.39, 0.29) is 6.04 Å². The molecular weight excluding hydrogens is 268 g/mol. The molecule has 0 saturated carbocycles. The van der Waals surface area contributed by atoms with Crippen molar-refractivity contribution in [1.82, 2.24) is 15.5 Å². The van der Waals surface area contributed by atoms with E-state index < -0.39 is 11.6 Å². The van der Waals surface area contributed by atoms with Crippen molar-refractivity contribution in [2.45, 2.75) is 32.9 Å². The summed E-state index contributed by atoms with van der Waals surface area (Å²) in [6, 6.07) is 3.28. The first-order chi connectivity index (χ1) is 9.10. The molecule has 0 aliphatic rings. The maximum atomic E-state index is 13.7. The van der Waals surface area contributed by atoms with Crippen LogP contribution in [0.2, 0.25) is 0 Å². The van der Waals surface area contributed by atoms with Crippen molar-refractivity contribution in [2.75, 3.05) is 0 Å². The fourth-order valence-electron chi connectivity index (χ4n) is 1.88. The number of benzene rings is 1. The van der Waals surface area contributed by atoms with Gasteiger partial charge in [0.2, 0.25) is 0 Å². The lowest BCUT2D eigenvalue weighted by Gasteiger charge is -2.17. The van der Waals surface area contributed by atoms with Gasteiger partial charge in [-0.15, -0.1) is 21.5 Å². The number of nitrogens with one attached hydrogen (secondary N) is 1. The van der Waals surface area contributed by atoms with Gasteiger partial charge in [-0.2, -0.15) is 0 Å². The fourth-order valence-corrected chi connectivity index (χ4v) is 2.54. The van der Waals surface area contributed by atoms with E-state index in [1.807, 2.05) is 13.8 Å². The number of hydrogen-bond acceptors (Lipinski definition) is 4.